The molecule has 7 heteroatoms. The van der Waals surface area contributed by atoms with Gasteiger partial charge < -0.3 is 23.7 Å². The summed E-state index contributed by atoms with van der Waals surface area (Å²) in [6, 6.07) is 12.8. The van der Waals surface area contributed by atoms with E-state index in [0.29, 0.717) is 31.1 Å². The molecule has 0 radical (unpaired) electrons. The highest BCUT2D eigenvalue weighted by Crippen LogP contribution is 2.16. The molecule has 2 heterocycles. The van der Waals surface area contributed by atoms with E-state index in [9.17, 15) is 9.59 Å². The van der Waals surface area contributed by atoms with Crippen LogP contribution in [-0.4, -0.2) is 60.6 Å². The van der Waals surface area contributed by atoms with Crippen molar-refractivity contribution in [2.24, 2.45) is 0 Å². The molecule has 0 saturated carbocycles. The molecule has 0 aliphatic carbocycles. The standard InChI is InChI=1S/C23H30N2O5/c1-2-12-24(23(27)18-30-19-8-4-3-5-9-19)17-22(26)25(15-20-10-6-13-28-20)16-21-11-7-14-29-21/h3-6,8-10,13,21H,2,7,11-12,14-18H2,1H3/t21-/m0/s1. The van der Waals surface area contributed by atoms with E-state index in [1.54, 1.807) is 34.3 Å². The largest absolute Gasteiger partial charge is 0.484 e. The van der Waals surface area contributed by atoms with Crippen LogP contribution < -0.4 is 4.74 Å². The zero-order chi connectivity index (χ0) is 21.2. The maximum atomic E-state index is 13.1. The average molecular weight is 415 g/mol. The Morgan fingerprint density at radius 3 is 2.60 bits per heavy atom. The Morgan fingerprint density at radius 1 is 1.10 bits per heavy atom. The van der Waals surface area contributed by atoms with E-state index in [1.165, 1.54) is 0 Å². The molecule has 7 nitrogen and oxygen atoms in total. The maximum Gasteiger partial charge on any atom is 0.260 e. The minimum absolute atomic E-state index is 0.0122. The Balaban J connectivity index is 1.61. The van der Waals surface area contributed by atoms with Gasteiger partial charge in [0, 0.05) is 19.7 Å². The van der Waals surface area contributed by atoms with Crippen LogP contribution in [0.25, 0.3) is 0 Å². The van der Waals surface area contributed by atoms with Gasteiger partial charge in [0.25, 0.3) is 5.91 Å². The van der Waals surface area contributed by atoms with Crippen LogP contribution in [0.3, 0.4) is 0 Å². The van der Waals surface area contributed by atoms with Crippen molar-refractivity contribution < 1.29 is 23.5 Å². The molecule has 2 aromatic rings. The van der Waals surface area contributed by atoms with Crippen molar-refractivity contribution in [3.05, 3.63) is 54.5 Å². The topological polar surface area (TPSA) is 72.2 Å². The van der Waals surface area contributed by atoms with Gasteiger partial charge in [-0.3, -0.25) is 9.59 Å². The van der Waals surface area contributed by atoms with E-state index in [4.69, 9.17) is 13.9 Å². The summed E-state index contributed by atoms with van der Waals surface area (Å²) in [5.74, 6) is 1.01. The number of hydrogen-bond acceptors (Lipinski definition) is 5. The number of ether oxygens (including phenoxy) is 2. The van der Waals surface area contributed by atoms with Crippen LogP contribution in [0.15, 0.2) is 53.1 Å². The van der Waals surface area contributed by atoms with Gasteiger partial charge in [0.15, 0.2) is 6.61 Å². The fraction of sp³-hybridized carbons (Fsp3) is 0.478. The monoisotopic (exact) mass is 414 g/mol. The molecule has 0 N–H and O–H groups in total. The van der Waals surface area contributed by atoms with Crippen LogP contribution in [0.4, 0.5) is 0 Å². The number of para-hydroxylation sites is 1. The number of amides is 2. The number of hydrogen-bond donors (Lipinski definition) is 0. The molecule has 3 rings (SSSR count). The second-order valence-corrected chi connectivity index (χ2v) is 7.41. The Kier molecular flexibility index (Phi) is 8.32. The van der Waals surface area contributed by atoms with E-state index < -0.39 is 0 Å². The molecule has 0 bridgehead atoms. The average Bonchev–Trinajstić information content (AvgIpc) is 3.46. The predicted molar refractivity (Wildman–Crippen MR) is 112 cm³/mol. The lowest BCUT2D eigenvalue weighted by atomic mass is 10.2. The maximum absolute atomic E-state index is 13.1. The molecule has 1 aromatic carbocycles. The third kappa shape index (κ3) is 6.62. The van der Waals surface area contributed by atoms with E-state index >= 15 is 0 Å². The lowest BCUT2D eigenvalue weighted by Crippen LogP contribution is -2.46. The molecule has 1 aliphatic rings. The third-order valence-corrected chi connectivity index (χ3v) is 5.01. The summed E-state index contributed by atoms with van der Waals surface area (Å²) in [7, 11) is 0. The predicted octanol–water partition coefficient (Wildman–Crippen LogP) is 3.10. The van der Waals surface area contributed by atoms with Crippen molar-refractivity contribution in [3.63, 3.8) is 0 Å². The molecule has 1 fully saturated rings. The fourth-order valence-corrected chi connectivity index (χ4v) is 3.46. The van der Waals surface area contributed by atoms with Gasteiger partial charge >= 0.3 is 0 Å². The minimum atomic E-state index is -0.205. The van der Waals surface area contributed by atoms with Gasteiger partial charge in [0.1, 0.15) is 11.5 Å². The number of furan rings is 1. The van der Waals surface area contributed by atoms with E-state index in [2.05, 4.69) is 0 Å². The van der Waals surface area contributed by atoms with Gasteiger partial charge in [-0.1, -0.05) is 25.1 Å². The summed E-state index contributed by atoms with van der Waals surface area (Å²) in [6.07, 6.45) is 4.32. The Morgan fingerprint density at radius 2 is 1.93 bits per heavy atom. The van der Waals surface area contributed by atoms with Crippen LogP contribution in [-0.2, 0) is 20.9 Å². The quantitative estimate of drug-likeness (QED) is 0.565. The first-order valence-corrected chi connectivity index (χ1v) is 10.5. The highest BCUT2D eigenvalue weighted by Gasteiger charge is 2.26. The molecule has 1 aliphatic heterocycles. The zero-order valence-electron chi connectivity index (χ0n) is 17.5. The first kappa shape index (κ1) is 21.9. The van der Waals surface area contributed by atoms with Crippen molar-refractivity contribution in [3.8, 4) is 5.75 Å². The molecular weight excluding hydrogens is 384 g/mol. The van der Waals surface area contributed by atoms with Gasteiger partial charge in [-0.15, -0.1) is 0 Å². The molecule has 0 spiro atoms. The van der Waals surface area contributed by atoms with Crippen molar-refractivity contribution in [1.29, 1.82) is 0 Å². The number of rotatable bonds is 11. The summed E-state index contributed by atoms with van der Waals surface area (Å²) in [5.41, 5.74) is 0. The molecule has 162 valence electrons. The van der Waals surface area contributed by atoms with Crippen molar-refractivity contribution >= 4 is 11.8 Å². The molecule has 0 unspecified atom stereocenters. The Labute approximate surface area is 177 Å². The van der Waals surface area contributed by atoms with Crippen LogP contribution >= 0.6 is 0 Å². The second-order valence-electron chi connectivity index (χ2n) is 7.41. The SMILES string of the molecule is CCCN(CC(=O)N(Cc1ccco1)C[C@@H]1CCCO1)C(=O)COc1ccccc1. The van der Waals surface area contributed by atoms with Crippen molar-refractivity contribution in [2.75, 3.05) is 32.8 Å². The van der Waals surface area contributed by atoms with Gasteiger partial charge in [-0.25, -0.2) is 0 Å². The highest BCUT2D eigenvalue weighted by molar-refractivity contribution is 5.85. The van der Waals surface area contributed by atoms with E-state index in [1.807, 2.05) is 31.2 Å². The number of nitrogens with zero attached hydrogens (tertiary/aromatic N) is 2. The summed E-state index contributed by atoms with van der Waals surface area (Å²) >= 11 is 0. The minimum Gasteiger partial charge on any atom is -0.484 e. The summed E-state index contributed by atoms with van der Waals surface area (Å²) in [5, 5.41) is 0. The zero-order valence-corrected chi connectivity index (χ0v) is 17.5. The van der Waals surface area contributed by atoms with E-state index in [0.717, 1.165) is 25.9 Å². The lowest BCUT2D eigenvalue weighted by molar-refractivity contribution is -0.143. The molecule has 1 atom stereocenters. The Hall–Kier alpha value is -2.80. The Bertz CT molecular complexity index is 772. The molecular formula is C23H30N2O5. The van der Waals surface area contributed by atoms with Gasteiger partial charge in [-0.2, -0.15) is 0 Å². The van der Waals surface area contributed by atoms with Gasteiger partial charge in [0.2, 0.25) is 5.91 Å². The molecule has 2 amide bonds. The normalized spacial score (nSPS) is 15.7. The third-order valence-electron chi connectivity index (χ3n) is 5.01. The molecule has 30 heavy (non-hydrogen) atoms. The second kappa shape index (κ2) is 11.4. The lowest BCUT2D eigenvalue weighted by Gasteiger charge is -2.28. The number of carbonyl (C=O) groups is 2. The van der Waals surface area contributed by atoms with Gasteiger partial charge in [-0.05, 0) is 43.5 Å². The van der Waals surface area contributed by atoms with Crippen LogP contribution in [0.1, 0.15) is 31.9 Å². The van der Waals surface area contributed by atoms with Crippen LogP contribution in [0, 0.1) is 0 Å². The van der Waals surface area contributed by atoms with Crippen molar-refractivity contribution in [1.82, 2.24) is 9.80 Å². The van der Waals surface area contributed by atoms with Crippen LogP contribution in [0.2, 0.25) is 0 Å². The number of carbonyl (C=O) groups excluding carboxylic acids is 2. The highest BCUT2D eigenvalue weighted by atomic mass is 16.5. The molecule has 1 aromatic heterocycles. The first-order valence-electron chi connectivity index (χ1n) is 10.5. The fourth-order valence-electron chi connectivity index (χ4n) is 3.46. The summed E-state index contributed by atoms with van der Waals surface area (Å²) in [4.78, 5) is 29.1. The van der Waals surface area contributed by atoms with E-state index in [-0.39, 0.29) is 31.1 Å². The van der Waals surface area contributed by atoms with Crippen molar-refractivity contribution in [2.45, 2.75) is 38.8 Å². The van der Waals surface area contributed by atoms with Gasteiger partial charge in [0.05, 0.1) is 25.5 Å². The summed E-state index contributed by atoms with van der Waals surface area (Å²) in [6.45, 7) is 3.98. The summed E-state index contributed by atoms with van der Waals surface area (Å²) < 4.78 is 16.7. The first-order chi connectivity index (χ1) is 14.7. The number of benzene rings is 1. The smallest absolute Gasteiger partial charge is 0.260 e. The molecule has 1 saturated heterocycles. The van der Waals surface area contributed by atoms with Crippen LogP contribution in [0.5, 0.6) is 5.75 Å².